The summed E-state index contributed by atoms with van der Waals surface area (Å²) in [5, 5.41) is 0. The Morgan fingerprint density at radius 3 is 1.33 bits per heavy atom. The Hall–Kier alpha value is -0.760. The molecule has 0 bridgehead atoms. The fourth-order valence-corrected chi connectivity index (χ4v) is 7.76. The molecule has 0 spiro atoms. The first-order valence-electron chi connectivity index (χ1n) is 24.4. The van der Waals surface area contributed by atoms with Gasteiger partial charge in [0.1, 0.15) is 19.3 Å². The summed E-state index contributed by atoms with van der Waals surface area (Å²) in [5.41, 5.74) is 0. The highest BCUT2D eigenvalue weighted by Gasteiger charge is 2.26. The molecule has 0 saturated carbocycles. The Bertz CT molecular complexity index is 925. The lowest BCUT2D eigenvalue weighted by Gasteiger charge is -2.24. The van der Waals surface area contributed by atoms with Crippen molar-refractivity contribution in [3.63, 3.8) is 0 Å². The topological polar surface area (TPSA) is 91.3 Å². The minimum Gasteiger partial charge on any atom is -0.457 e. The van der Waals surface area contributed by atoms with Crippen molar-refractivity contribution in [2.24, 2.45) is 0 Å². The van der Waals surface area contributed by atoms with Gasteiger partial charge >= 0.3 is 13.8 Å². The molecular formula is C48H97NO7P+. The molecule has 340 valence electrons. The summed E-state index contributed by atoms with van der Waals surface area (Å²) in [4.78, 5) is 22.9. The Balaban J connectivity index is 4.15. The summed E-state index contributed by atoms with van der Waals surface area (Å²) < 4.78 is 35.1. The third-order valence-corrected chi connectivity index (χ3v) is 11.8. The molecule has 2 atom stereocenters. The number of esters is 1. The van der Waals surface area contributed by atoms with E-state index in [2.05, 4.69) is 26.0 Å². The van der Waals surface area contributed by atoms with E-state index in [9.17, 15) is 14.3 Å². The predicted molar refractivity (Wildman–Crippen MR) is 243 cm³/mol. The van der Waals surface area contributed by atoms with Crippen LogP contribution < -0.4 is 0 Å². The summed E-state index contributed by atoms with van der Waals surface area (Å²) in [6, 6.07) is 0. The third-order valence-electron chi connectivity index (χ3n) is 10.8. The number of nitrogens with zero attached hydrogens (tertiary/aromatic N) is 1. The molecule has 0 aromatic carbocycles. The van der Waals surface area contributed by atoms with Crippen LogP contribution in [0.4, 0.5) is 0 Å². The number of ether oxygens (including phenoxy) is 2. The molecule has 1 N–H and O–H groups in total. The second-order valence-electron chi connectivity index (χ2n) is 17.9. The number of rotatable bonds is 46. The van der Waals surface area contributed by atoms with Gasteiger partial charge in [-0.1, -0.05) is 199 Å². The molecule has 0 rings (SSSR count). The fourth-order valence-electron chi connectivity index (χ4n) is 7.02. The van der Waals surface area contributed by atoms with E-state index in [1.165, 1.54) is 180 Å². The molecule has 57 heavy (non-hydrogen) atoms. The van der Waals surface area contributed by atoms with Crippen molar-refractivity contribution in [3.8, 4) is 0 Å². The van der Waals surface area contributed by atoms with E-state index >= 15 is 0 Å². The molecule has 0 saturated heterocycles. The van der Waals surface area contributed by atoms with Crippen molar-refractivity contribution in [3.05, 3.63) is 12.2 Å². The van der Waals surface area contributed by atoms with Gasteiger partial charge in [-0.15, -0.1) is 0 Å². The minimum atomic E-state index is -4.27. The number of quaternary nitrogens is 1. The summed E-state index contributed by atoms with van der Waals surface area (Å²) in [7, 11) is 1.68. The number of allylic oxidation sites excluding steroid dienone is 2. The highest BCUT2D eigenvalue weighted by Crippen LogP contribution is 2.43. The van der Waals surface area contributed by atoms with E-state index < -0.39 is 13.9 Å². The Morgan fingerprint density at radius 2 is 0.912 bits per heavy atom. The van der Waals surface area contributed by atoms with Crippen LogP contribution in [0.15, 0.2) is 12.2 Å². The maximum absolute atomic E-state index is 12.7. The molecule has 0 aromatic heterocycles. The molecule has 0 fully saturated rings. The van der Waals surface area contributed by atoms with Gasteiger partial charge in [0.2, 0.25) is 0 Å². The molecule has 0 aromatic rings. The van der Waals surface area contributed by atoms with Gasteiger partial charge in [0, 0.05) is 13.0 Å². The van der Waals surface area contributed by atoms with E-state index in [-0.39, 0.29) is 25.8 Å². The van der Waals surface area contributed by atoms with E-state index in [0.717, 1.165) is 32.1 Å². The van der Waals surface area contributed by atoms with Crippen molar-refractivity contribution in [1.29, 1.82) is 0 Å². The van der Waals surface area contributed by atoms with Gasteiger partial charge in [0.25, 0.3) is 0 Å². The zero-order chi connectivity index (χ0) is 42.0. The largest absolute Gasteiger partial charge is 0.472 e. The van der Waals surface area contributed by atoms with Crippen LogP contribution in [0.25, 0.3) is 0 Å². The Kier molecular flexibility index (Phi) is 41.4. The normalized spacial score (nSPS) is 13.7. The SMILES string of the molecule is CCCCCCCC/C=C\CCCCCCCCCC(=O)O[C@H](COCCCCCCCCCCCCCCCCCCCC)COP(=O)(O)OCC[N+](C)(C)C. The molecule has 0 radical (unpaired) electrons. The van der Waals surface area contributed by atoms with Crippen LogP contribution in [0.1, 0.15) is 232 Å². The number of carbonyl (C=O) groups excluding carboxylic acids is 1. The van der Waals surface area contributed by atoms with E-state index in [1.54, 1.807) is 0 Å². The van der Waals surface area contributed by atoms with Crippen LogP contribution in [0.3, 0.4) is 0 Å². The van der Waals surface area contributed by atoms with Gasteiger partial charge in [-0.25, -0.2) is 4.57 Å². The lowest BCUT2D eigenvalue weighted by molar-refractivity contribution is -0.870. The van der Waals surface area contributed by atoms with Crippen LogP contribution in [0.5, 0.6) is 0 Å². The number of likely N-dealkylation sites (N-methyl/N-ethyl adjacent to an activating group) is 1. The number of unbranched alkanes of at least 4 members (excludes halogenated alkanes) is 30. The summed E-state index contributed by atoms with van der Waals surface area (Å²) >= 11 is 0. The monoisotopic (exact) mass is 831 g/mol. The van der Waals surface area contributed by atoms with Crippen molar-refractivity contribution < 1.29 is 37.3 Å². The van der Waals surface area contributed by atoms with E-state index in [4.69, 9.17) is 18.5 Å². The Labute approximate surface area is 354 Å². The lowest BCUT2D eigenvalue weighted by atomic mass is 10.0. The van der Waals surface area contributed by atoms with Crippen LogP contribution in [-0.2, 0) is 27.9 Å². The second-order valence-corrected chi connectivity index (χ2v) is 19.3. The maximum Gasteiger partial charge on any atom is 0.472 e. The lowest BCUT2D eigenvalue weighted by Crippen LogP contribution is -2.37. The van der Waals surface area contributed by atoms with Gasteiger partial charge in [-0.3, -0.25) is 13.8 Å². The number of phosphoric acid groups is 1. The highest BCUT2D eigenvalue weighted by molar-refractivity contribution is 7.47. The molecule has 1 unspecified atom stereocenters. The molecule has 0 aliphatic heterocycles. The average molecular weight is 831 g/mol. The molecule has 0 heterocycles. The summed E-state index contributed by atoms with van der Waals surface area (Å²) in [6.07, 6.45) is 46.7. The first-order chi connectivity index (χ1) is 27.6. The zero-order valence-electron chi connectivity index (χ0n) is 38.6. The first-order valence-corrected chi connectivity index (χ1v) is 25.9. The standard InChI is InChI=1S/C48H96NO7P/c1-6-8-10-12-14-16-18-20-22-24-26-28-30-32-34-36-38-40-43-53-45-47(46-55-57(51,52)54-44-42-49(3,4)5)56-48(50)41-39-37-35-33-31-29-27-25-23-21-19-17-15-13-11-9-7-2/h21,23,47H,6-20,22,24-46H2,1-5H3/p+1/b23-21-/t47-/m1/s1. The summed E-state index contributed by atoms with van der Waals surface area (Å²) in [6.45, 7) is 5.67. The number of carbonyl (C=O) groups is 1. The van der Waals surface area contributed by atoms with E-state index in [0.29, 0.717) is 24.1 Å². The van der Waals surface area contributed by atoms with Crippen molar-refractivity contribution in [1.82, 2.24) is 0 Å². The van der Waals surface area contributed by atoms with Crippen LogP contribution in [0, 0.1) is 0 Å². The molecule has 0 amide bonds. The highest BCUT2D eigenvalue weighted by atomic mass is 31.2. The van der Waals surface area contributed by atoms with Gasteiger partial charge in [0.15, 0.2) is 0 Å². The third kappa shape index (κ3) is 46.2. The second kappa shape index (κ2) is 42.0. The smallest absolute Gasteiger partial charge is 0.457 e. The average Bonchev–Trinajstić information content (AvgIpc) is 3.16. The van der Waals surface area contributed by atoms with E-state index in [1.807, 2.05) is 21.1 Å². The Morgan fingerprint density at radius 1 is 0.526 bits per heavy atom. The zero-order valence-corrected chi connectivity index (χ0v) is 39.5. The van der Waals surface area contributed by atoms with Crippen molar-refractivity contribution >= 4 is 13.8 Å². The predicted octanol–water partition coefficient (Wildman–Crippen LogP) is 14.6. The van der Waals surface area contributed by atoms with Crippen LogP contribution in [-0.4, -0.2) is 75.6 Å². The molecular weight excluding hydrogens is 734 g/mol. The van der Waals surface area contributed by atoms with Crippen LogP contribution >= 0.6 is 7.82 Å². The first kappa shape index (κ1) is 56.2. The van der Waals surface area contributed by atoms with Crippen molar-refractivity contribution in [2.45, 2.75) is 238 Å². The molecule has 9 heteroatoms. The molecule has 0 aliphatic carbocycles. The number of hydrogen-bond acceptors (Lipinski definition) is 6. The maximum atomic E-state index is 12.7. The molecule has 0 aliphatic rings. The number of hydrogen-bond donors (Lipinski definition) is 1. The quantitative estimate of drug-likeness (QED) is 0.0215. The van der Waals surface area contributed by atoms with Crippen LogP contribution in [0.2, 0.25) is 0 Å². The van der Waals surface area contributed by atoms with Gasteiger partial charge in [-0.2, -0.15) is 0 Å². The van der Waals surface area contributed by atoms with Crippen molar-refractivity contribution in [2.75, 3.05) is 54.1 Å². The fraction of sp³-hybridized carbons (Fsp3) is 0.938. The van der Waals surface area contributed by atoms with Gasteiger partial charge in [-0.05, 0) is 38.5 Å². The summed E-state index contributed by atoms with van der Waals surface area (Å²) in [5.74, 6) is -0.313. The van der Waals surface area contributed by atoms with Gasteiger partial charge < -0.3 is 18.9 Å². The minimum absolute atomic E-state index is 0.0912. The molecule has 8 nitrogen and oxygen atoms in total. The van der Waals surface area contributed by atoms with Gasteiger partial charge in [0.05, 0.1) is 34.4 Å². The number of phosphoric ester groups is 1.